The maximum absolute atomic E-state index is 14.0. The molecule has 48 heavy (non-hydrogen) atoms. The first kappa shape index (κ1) is 36.7. The molecular weight excluding hydrogens is 624 g/mol. The molecule has 9 heteroatoms. The molecule has 2 atom stereocenters. The molecule has 2 unspecified atom stereocenters. The number of hydrazone groups is 1. The van der Waals surface area contributed by atoms with Gasteiger partial charge in [-0.05, 0) is 49.2 Å². The molecule has 1 aliphatic rings. The van der Waals surface area contributed by atoms with Gasteiger partial charge < -0.3 is 15.4 Å². The van der Waals surface area contributed by atoms with E-state index in [0.717, 1.165) is 24.0 Å². The number of nitrogens with one attached hydrogen (secondary N) is 2. The Morgan fingerprint density at radius 2 is 1.56 bits per heavy atom. The lowest BCUT2D eigenvalue weighted by atomic mass is 10.0. The van der Waals surface area contributed by atoms with E-state index in [-0.39, 0.29) is 16.6 Å². The Balaban J connectivity index is 1.36. The number of halogens is 1. The molecule has 0 spiro atoms. The normalized spacial score (nSPS) is 14.5. The third-order valence-corrected chi connectivity index (χ3v) is 8.84. The van der Waals surface area contributed by atoms with Gasteiger partial charge in [0.2, 0.25) is 11.9 Å². The summed E-state index contributed by atoms with van der Waals surface area (Å²) >= 11 is 6.47. The van der Waals surface area contributed by atoms with E-state index in [4.69, 9.17) is 16.3 Å². The summed E-state index contributed by atoms with van der Waals surface area (Å²) in [7, 11) is 0. The van der Waals surface area contributed by atoms with Crippen molar-refractivity contribution in [2.45, 2.75) is 103 Å². The molecule has 0 bridgehead atoms. The first-order chi connectivity index (χ1) is 23.4. The number of aryl methyl sites for hydroxylation is 1. The number of anilines is 1. The Morgan fingerprint density at radius 1 is 0.896 bits per heavy atom. The molecular formula is C39H49ClN4O4. The molecule has 3 aromatic rings. The summed E-state index contributed by atoms with van der Waals surface area (Å²) < 4.78 is 6.05. The van der Waals surface area contributed by atoms with Crippen molar-refractivity contribution in [1.29, 1.82) is 0 Å². The number of rotatable bonds is 20. The maximum atomic E-state index is 14.0. The number of amides is 2. The molecule has 0 saturated heterocycles. The lowest BCUT2D eigenvalue weighted by Gasteiger charge is -2.26. The van der Waals surface area contributed by atoms with Crippen LogP contribution in [0.25, 0.3) is 0 Å². The lowest BCUT2D eigenvalue weighted by molar-refractivity contribution is -0.138. The van der Waals surface area contributed by atoms with Gasteiger partial charge in [0.15, 0.2) is 0 Å². The minimum Gasteiger partial charge on any atom is -0.473 e. The lowest BCUT2D eigenvalue weighted by Crippen LogP contribution is -2.48. The minimum atomic E-state index is -1.48. The predicted octanol–water partition coefficient (Wildman–Crippen LogP) is 8.51. The fourth-order valence-corrected chi connectivity index (χ4v) is 5.85. The van der Waals surface area contributed by atoms with Crippen LogP contribution in [0.2, 0.25) is 5.02 Å². The minimum absolute atomic E-state index is 0.224. The summed E-state index contributed by atoms with van der Waals surface area (Å²) in [6.45, 7) is 5.16. The monoisotopic (exact) mass is 672 g/mol. The van der Waals surface area contributed by atoms with Crippen molar-refractivity contribution in [3.8, 4) is 5.75 Å². The maximum Gasteiger partial charge on any atom is 0.273 e. The highest BCUT2D eigenvalue weighted by Gasteiger charge is 2.39. The molecule has 2 amide bonds. The van der Waals surface area contributed by atoms with Crippen molar-refractivity contribution in [3.05, 3.63) is 94.5 Å². The van der Waals surface area contributed by atoms with Gasteiger partial charge in [0.25, 0.3) is 11.8 Å². The van der Waals surface area contributed by atoms with Crippen LogP contribution in [0, 0.1) is 6.92 Å². The van der Waals surface area contributed by atoms with Crippen molar-refractivity contribution in [1.82, 2.24) is 10.3 Å². The van der Waals surface area contributed by atoms with Crippen molar-refractivity contribution in [2.75, 3.05) is 11.9 Å². The molecule has 1 aliphatic heterocycles. The number of hydrogen-bond donors (Lipinski definition) is 2. The van der Waals surface area contributed by atoms with Crippen LogP contribution >= 0.6 is 11.6 Å². The number of nitrogens with zero attached hydrogens (tertiary/aromatic N) is 2. The van der Waals surface area contributed by atoms with Crippen LogP contribution in [0.4, 0.5) is 5.69 Å². The number of unbranched alkanes of at least 4 members (excludes halogenated alkanes) is 9. The fourth-order valence-electron chi connectivity index (χ4n) is 5.68. The Kier molecular flexibility index (Phi) is 15.0. The van der Waals surface area contributed by atoms with E-state index in [0.29, 0.717) is 30.8 Å². The van der Waals surface area contributed by atoms with E-state index < -0.39 is 23.8 Å². The molecule has 0 radical (unpaired) electrons. The molecule has 0 aliphatic carbocycles. The Labute approximate surface area is 290 Å². The largest absolute Gasteiger partial charge is 0.473 e. The van der Waals surface area contributed by atoms with Crippen LogP contribution in [-0.4, -0.2) is 47.5 Å². The summed E-state index contributed by atoms with van der Waals surface area (Å²) in [4.78, 5) is 40.7. The first-order valence-corrected chi connectivity index (χ1v) is 17.7. The molecule has 0 saturated carbocycles. The van der Waals surface area contributed by atoms with Crippen molar-refractivity contribution in [2.24, 2.45) is 5.10 Å². The quantitative estimate of drug-likeness (QED) is 0.0926. The van der Waals surface area contributed by atoms with Gasteiger partial charge in [0.05, 0.1) is 17.3 Å². The SMILES string of the molecule is CCCCCCCCCCCCNC(=O)c1ccc(Cl)c(NC(=O)C(Oc2ccc(C)cc2)C(=O)C2CC=NN2Cc2ccccc2)c1. The van der Waals surface area contributed by atoms with Gasteiger partial charge in [-0.15, -0.1) is 0 Å². The second kappa shape index (κ2) is 19.6. The van der Waals surface area contributed by atoms with Crippen LogP contribution in [0.1, 0.15) is 99.0 Å². The summed E-state index contributed by atoms with van der Waals surface area (Å²) in [6, 6.07) is 20.9. The fraction of sp³-hybridized carbons (Fsp3) is 0.436. The molecule has 1 heterocycles. The third-order valence-electron chi connectivity index (χ3n) is 8.51. The van der Waals surface area contributed by atoms with Crippen molar-refractivity contribution < 1.29 is 19.1 Å². The summed E-state index contributed by atoms with van der Waals surface area (Å²) in [5, 5.41) is 12.1. The first-order valence-electron chi connectivity index (χ1n) is 17.3. The standard InChI is InChI=1S/C39H49ClN4O4/c1-3-4-5-6-7-8-9-10-11-15-25-41-38(46)31-20-23-33(40)34(27-31)43-39(47)37(48-32-21-18-29(2)19-22-32)36(45)35-24-26-42-44(35)28-30-16-13-12-14-17-30/h12-14,16-23,26-27,35,37H,3-11,15,24-25,28H2,1-2H3,(H,41,46)(H,43,47). The number of carbonyl (C=O) groups excluding carboxylic acids is 3. The van der Waals surface area contributed by atoms with Crippen LogP contribution in [0.15, 0.2) is 77.9 Å². The van der Waals surface area contributed by atoms with E-state index in [1.165, 1.54) is 57.4 Å². The third kappa shape index (κ3) is 11.5. The van der Waals surface area contributed by atoms with E-state index in [9.17, 15) is 14.4 Å². The highest BCUT2D eigenvalue weighted by atomic mass is 35.5. The van der Waals surface area contributed by atoms with Crippen LogP contribution in [0.5, 0.6) is 5.75 Å². The molecule has 8 nitrogen and oxygen atoms in total. The second-order valence-electron chi connectivity index (χ2n) is 12.5. The van der Waals surface area contributed by atoms with Gasteiger partial charge in [-0.3, -0.25) is 19.4 Å². The average Bonchev–Trinajstić information content (AvgIpc) is 3.56. The number of hydrogen-bond acceptors (Lipinski definition) is 6. The van der Waals surface area contributed by atoms with E-state index >= 15 is 0 Å². The summed E-state index contributed by atoms with van der Waals surface area (Å²) in [5.41, 5.74) is 2.59. The van der Waals surface area contributed by atoms with Crippen molar-refractivity contribution in [3.63, 3.8) is 0 Å². The zero-order chi connectivity index (χ0) is 34.1. The number of carbonyl (C=O) groups is 3. The number of benzene rings is 3. The predicted molar refractivity (Wildman–Crippen MR) is 194 cm³/mol. The van der Waals surface area contributed by atoms with Gasteiger partial charge in [-0.2, -0.15) is 5.10 Å². The van der Waals surface area contributed by atoms with Gasteiger partial charge in [-0.25, -0.2) is 0 Å². The van der Waals surface area contributed by atoms with E-state index in [1.807, 2.05) is 49.4 Å². The highest BCUT2D eigenvalue weighted by molar-refractivity contribution is 6.34. The van der Waals surface area contributed by atoms with Gasteiger partial charge in [0, 0.05) is 24.7 Å². The van der Waals surface area contributed by atoms with Crippen molar-refractivity contribution >= 4 is 41.1 Å². The molecule has 3 aromatic carbocycles. The highest BCUT2D eigenvalue weighted by Crippen LogP contribution is 2.26. The second-order valence-corrected chi connectivity index (χ2v) is 12.9. The van der Waals surface area contributed by atoms with Crippen LogP contribution in [0.3, 0.4) is 0 Å². The summed E-state index contributed by atoms with van der Waals surface area (Å²) in [6.07, 6.45) is 12.8. The topological polar surface area (TPSA) is 100 Å². The number of Topliss-reactive ketones (excluding diaryl/α,β-unsaturated/α-hetero) is 1. The molecule has 256 valence electrons. The molecule has 2 N–H and O–H groups in total. The molecule has 0 fully saturated rings. The molecule has 4 rings (SSSR count). The average molecular weight is 673 g/mol. The van der Waals surface area contributed by atoms with Gasteiger partial charge >= 0.3 is 0 Å². The smallest absolute Gasteiger partial charge is 0.273 e. The van der Waals surface area contributed by atoms with Gasteiger partial charge in [0.1, 0.15) is 11.8 Å². The number of ketones is 1. The van der Waals surface area contributed by atoms with Gasteiger partial charge in [-0.1, -0.05) is 124 Å². The van der Waals surface area contributed by atoms with E-state index in [1.54, 1.807) is 35.5 Å². The summed E-state index contributed by atoms with van der Waals surface area (Å²) in [5.74, 6) is -0.977. The number of ether oxygens (including phenoxy) is 1. The van der Waals surface area contributed by atoms with Crippen LogP contribution < -0.4 is 15.4 Å². The Hall–Kier alpha value is -4.17. The zero-order valence-electron chi connectivity index (χ0n) is 28.3. The molecule has 0 aromatic heterocycles. The van der Waals surface area contributed by atoms with Crippen LogP contribution in [-0.2, 0) is 16.1 Å². The Bertz CT molecular complexity index is 1500. The Morgan fingerprint density at radius 3 is 2.25 bits per heavy atom. The zero-order valence-corrected chi connectivity index (χ0v) is 29.0. The van der Waals surface area contributed by atoms with E-state index in [2.05, 4.69) is 22.7 Å².